The van der Waals surface area contributed by atoms with Crippen LogP contribution < -0.4 is 14.2 Å². The molecule has 4 aromatic carbocycles. The first-order valence-corrected chi connectivity index (χ1v) is 11.3. The van der Waals surface area contributed by atoms with E-state index in [0.29, 0.717) is 24.4 Å². The fraction of sp³-hybridized carbons (Fsp3) is 0.207. The van der Waals surface area contributed by atoms with Gasteiger partial charge in [0, 0.05) is 18.7 Å². The van der Waals surface area contributed by atoms with E-state index in [1.54, 1.807) is 21.3 Å². The number of carbonyl (C=O) groups excluding carboxylic acids is 1. The Balaban J connectivity index is 1.44. The summed E-state index contributed by atoms with van der Waals surface area (Å²) in [7, 11) is 4.94. The highest BCUT2D eigenvalue weighted by atomic mass is 16.5. The van der Waals surface area contributed by atoms with Gasteiger partial charge in [-0.2, -0.15) is 0 Å². The van der Waals surface area contributed by atoms with Gasteiger partial charge in [-0.3, -0.25) is 4.79 Å². The van der Waals surface area contributed by atoms with Crippen LogP contribution in [-0.2, 0) is 13.0 Å². The number of amides is 1. The molecular weight excluding hydrogens is 426 g/mol. The monoisotopic (exact) mass is 453 g/mol. The van der Waals surface area contributed by atoms with Crippen LogP contribution in [0.15, 0.2) is 72.8 Å². The molecule has 0 unspecified atom stereocenters. The van der Waals surface area contributed by atoms with E-state index in [2.05, 4.69) is 18.2 Å². The van der Waals surface area contributed by atoms with Gasteiger partial charge in [0.25, 0.3) is 5.91 Å². The zero-order valence-corrected chi connectivity index (χ0v) is 19.6. The highest BCUT2D eigenvalue weighted by Gasteiger charge is 2.24. The summed E-state index contributed by atoms with van der Waals surface area (Å²) in [5, 5.41) is 2.14. The Morgan fingerprint density at radius 1 is 0.794 bits per heavy atom. The number of benzene rings is 4. The van der Waals surface area contributed by atoms with E-state index < -0.39 is 0 Å². The summed E-state index contributed by atoms with van der Waals surface area (Å²) in [5.74, 6) is 2.27. The minimum absolute atomic E-state index is 0.0362. The summed E-state index contributed by atoms with van der Waals surface area (Å²) in [5.41, 5.74) is 5.19. The largest absolute Gasteiger partial charge is 0.497 e. The second-order valence-corrected chi connectivity index (χ2v) is 8.43. The lowest BCUT2D eigenvalue weighted by atomic mass is 9.95. The lowest BCUT2D eigenvalue weighted by molar-refractivity contribution is 0.0734. The van der Waals surface area contributed by atoms with Gasteiger partial charge in [-0.25, -0.2) is 0 Å². The van der Waals surface area contributed by atoms with Gasteiger partial charge in [-0.05, 0) is 75.8 Å². The number of nitrogens with zero attached hydrogens (tertiary/aromatic N) is 1. The van der Waals surface area contributed by atoms with Gasteiger partial charge in [0.2, 0.25) is 0 Å². The highest BCUT2D eigenvalue weighted by molar-refractivity contribution is 6.02. The summed E-state index contributed by atoms with van der Waals surface area (Å²) in [4.78, 5) is 15.3. The molecule has 1 aliphatic rings. The lowest BCUT2D eigenvalue weighted by Crippen LogP contribution is -2.36. The molecule has 0 N–H and O–H groups in total. The number of fused-ring (bicyclic) bond motifs is 2. The summed E-state index contributed by atoms with van der Waals surface area (Å²) < 4.78 is 16.3. The van der Waals surface area contributed by atoms with Crippen LogP contribution in [0.5, 0.6) is 17.2 Å². The molecule has 0 aromatic heterocycles. The van der Waals surface area contributed by atoms with Gasteiger partial charge in [-0.15, -0.1) is 0 Å². The van der Waals surface area contributed by atoms with Gasteiger partial charge in [0.05, 0.1) is 21.3 Å². The Labute approximate surface area is 199 Å². The summed E-state index contributed by atoms with van der Waals surface area (Å²) in [6, 6.07) is 24.2. The fourth-order valence-corrected chi connectivity index (χ4v) is 4.70. The van der Waals surface area contributed by atoms with Crippen molar-refractivity contribution in [2.75, 3.05) is 27.9 Å². The molecule has 0 fully saturated rings. The first-order valence-electron chi connectivity index (χ1n) is 11.3. The maximum Gasteiger partial charge on any atom is 0.254 e. The molecule has 5 rings (SSSR count). The van der Waals surface area contributed by atoms with E-state index in [1.165, 1.54) is 5.56 Å². The smallest absolute Gasteiger partial charge is 0.254 e. The molecule has 0 spiro atoms. The third kappa shape index (κ3) is 3.94. The minimum atomic E-state index is 0.0362. The standard InChI is InChI=1S/C29H27NO4/c1-32-24-8-4-6-21(15-24)25-9-5-7-20-14-22(10-11-26(20)25)29(31)30-13-12-19-16-27(33-2)28(34-3)17-23(19)18-30/h4-11,14-17H,12-13,18H2,1-3H3. The molecule has 0 saturated heterocycles. The van der Waals surface area contributed by atoms with Crippen LogP contribution in [0.25, 0.3) is 21.9 Å². The molecule has 0 bridgehead atoms. The SMILES string of the molecule is COc1cccc(-c2cccc3cc(C(=O)N4CCc5cc(OC)c(OC)cc5C4)ccc23)c1. The van der Waals surface area contributed by atoms with Gasteiger partial charge in [0.15, 0.2) is 11.5 Å². The average Bonchev–Trinajstić information content (AvgIpc) is 2.90. The van der Waals surface area contributed by atoms with Crippen LogP contribution in [0, 0.1) is 0 Å². The molecule has 1 aliphatic heterocycles. The normalized spacial score (nSPS) is 12.9. The van der Waals surface area contributed by atoms with Gasteiger partial charge < -0.3 is 19.1 Å². The van der Waals surface area contributed by atoms with Crippen LogP contribution in [0.2, 0.25) is 0 Å². The van der Waals surface area contributed by atoms with Gasteiger partial charge >= 0.3 is 0 Å². The van der Waals surface area contributed by atoms with Crippen molar-refractivity contribution in [3.8, 4) is 28.4 Å². The Kier molecular flexibility index (Phi) is 5.84. The van der Waals surface area contributed by atoms with Crippen molar-refractivity contribution in [1.82, 2.24) is 4.90 Å². The van der Waals surface area contributed by atoms with Gasteiger partial charge in [0.1, 0.15) is 5.75 Å². The minimum Gasteiger partial charge on any atom is -0.497 e. The molecule has 4 aromatic rings. The van der Waals surface area contributed by atoms with Crippen LogP contribution in [0.1, 0.15) is 21.5 Å². The molecule has 172 valence electrons. The number of rotatable bonds is 5. The van der Waals surface area contributed by atoms with E-state index in [4.69, 9.17) is 14.2 Å². The van der Waals surface area contributed by atoms with Crippen LogP contribution >= 0.6 is 0 Å². The van der Waals surface area contributed by atoms with Crippen molar-refractivity contribution in [3.63, 3.8) is 0 Å². The Morgan fingerprint density at radius 2 is 1.56 bits per heavy atom. The van der Waals surface area contributed by atoms with Crippen molar-refractivity contribution >= 4 is 16.7 Å². The Hall–Kier alpha value is -3.99. The topological polar surface area (TPSA) is 48.0 Å². The predicted octanol–water partition coefficient (Wildman–Crippen LogP) is 5.73. The Bertz CT molecular complexity index is 1380. The number of carbonyl (C=O) groups is 1. The predicted molar refractivity (Wildman–Crippen MR) is 134 cm³/mol. The van der Waals surface area contributed by atoms with Crippen molar-refractivity contribution in [2.24, 2.45) is 0 Å². The molecule has 34 heavy (non-hydrogen) atoms. The summed E-state index contributed by atoms with van der Waals surface area (Å²) >= 11 is 0. The van der Waals surface area contributed by atoms with Gasteiger partial charge in [-0.1, -0.05) is 36.4 Å². The lowest BCUT2D eigenvalue weighted by Gasteiger charge is -2.30. The van der Waals surface area contributed by atoms with Crippen LogP contribution in [0.3, 0.4) is 0 Å². The zero-order valence-electron chi connectivity index (χ0n) is 19.6. The molecule has 1 heterocycles. The third-order valence-corrected chi connectivity index (χ3v) is 6.51. The Morgan fingerprint density at radius 3 is 2.32 bits per heavy atom. The second kappa shape index (κ2) is 9.10. The molecule has 0 saturated carbocycles. The quantitative estimate of drug-likeness (QED) is 0.387. The molecule has 0 aliphatic carbocycles. The average molecular weight is 454 g/mol. The van der Waals surface area contributed by atoms with Crippen LogP contribution in [0.4, 0.5) is 0 Å². The number of hydrogen-bond acceptors (Lipinski definition) is 4. The van der Waals surface area contributed by atoms with Crippen molar-refractivity contribution in [2.45, 2.75) is 13.0 Å². The van der Waals surface area contributed by atoms with E-state index in [9.17, 15) is 4.79 Å². The molecule has 5 nitrogen and oxygen atoms in total. The number of ether oxygens (including phenoxy) is 3. The van der Waals surface area contributed by atoms with Crippen LogP contribution in [-0.4, -0.2) is 38.7 Å². The molecule has 0 radical (unpaired) electrons. The second-order valence-electron chi connectivity index (χ2n) is 8.43. The maximum atomic E-state index is 13.4. The number of hydrogen-bond donors (Lipinski definition) is 0. The molecule has 1 amide bonds. The third-order valence-electron chi connectivity index (χ3n) is 6.51. The van der Waals surface area contributed by atoms with Crippen molar-refractivity contribution < 1.29 is 19.0 Å². The molecule has 0 atom stereocenters. The van der Waals surface area contributed by atoms with E-state index in [0.717, 1.165) is 45.4 Å². The van der Waals surface area contributed by atoms with Crippen molar-refractivity contribution in [3.05, 3.63) is 89.5 Å². The fourth-order valence-electron chi connectivity index (χ4n) is 4.70. The maximum absolute atomic E-state index is 13.4. The molecule has 5 heteroatoms. The summed E-state index contributed by atoms with van der Waals surface area (Å²) in [6.07, 6.45) is 0.787. The highest BCUT2D eigenvalue weighted by Crippen LogP contribution is 2.34. The number of methoxy groups -OCH3 is 3. The molecular formula is C29H27NO4. The van der Waals surface area contributed by atoms with E-state index in [1.807, 2.05) is 59.5 Å². The van der Waals surface area contributed by atoms with E-state index >= 15 is 0 Å². The summed E-state index contributed by atoms with van der Waals surface area (Å²) in [6.45, 7) is 1.22. The first-order chi connectivity index (χ1) is 16.6. The van der Waals surface area contributed by atoms with E-state index in [-0.39, 0.29) is 5.91 Å². The first kappa shape index (κ1) is 21.8. The zero-order chi connectivity index (χ0) is 23.7. The van der Waals surface area contributed by atoms with Crippen molar-refractivity contribution in [1.29, 1.82) is 0 Å².